The van der Waals surface area contributed by atoms with Gasteiger partial charge >= 0.3 is 5.97 Å². The van der Waals surface area contributed by atoms with Gasteiger partial charge in [-0.2, -0.15) is 0 Å². The second kappa shape index (κ2) is 5.97. The Morgan fingerprint density at radius 2 is 2.20 bits per heavy atom. The van der Waals surface area contributed by atoms with E-state index in [9.17, 15) is 13.2 Å². The van der Waals surface area contributed by atoms with Crippen molar-refractivity contribution in [2.45, 2.75) is 12.5 Å². The van der Waals surface area contributed by atoms with Crippen LogP contribution in [0.15, 0.2) is 28.7 Å². The van der Waals surface area contributed by atoms with Gasteiger partial charge in [0.15, 0.2) is 9.84 Å². The van der Waals surface area contributed by atoms with Crippen LogP contribution in [-0.4, -0.2) is 37.1 Å². The highest BCUT2D eigenvalue weighted by molar-refractivity contribution is 9.10. The van der Waals surface area contributed by atoms with E-state index in [0.29, 0.717) is 22.2 Å². The van der Waals surface area contributed by atoms with E-state index in [1.165, 1.54) is 6.08 Å². The lowest BCUT2D eigenvalue weighted by atomic mass is 10.2. The molecule has 0 saturated carbocycles. The van der Waals surface area contributed by atoms with Crippen molar-refractivity contribution in [3.8, 4) is 5.75 Å². The fraction of sp³-hybridized carbons (Fsp3) is 0.308. The van der Waals surface area contributed by atoms with Crippen LogP contribution in [0.4, 0.5) is 0 Å². The number of hydrogen-bond acceptors (Lipinski definition) is 4. The number of sulfone groups is 1. The molecule has 5 nitrogen and oxygen atoms in total. The van der Waals surface area contributed by atoms with Gasteiger partial charge in [-0.1, -0.05) is 6.07 Å². The van der Waals surface area contributed by atoms with Crippen LogP contribution in [0.1, 0.15) is 12.0 Å². The number of aliphatic carboxylic acids is 1. The Morgan fingerprint density at radius 1 is 1.45 bits per heavy atom. The Hall–Kier alpha value is -1.34. The molecule has 0 radical (unpaired) electrons. The molecule has 1 aromatic rings. The lowest BCUT2D eigenvalue weighted by Crippen LogP contribution is -2.17. The fourth-order valence-corrected chi connectivity index (χ4v) is 4.00. The number of hydrogen-bond donors (Lipinski definition) is 1. The zero-order chi connectivity index (χ0) is 14.8. The Balaban J connectivity index is 2.09. The van der Waals surface area contributed by atoms with Crippen molar-refractivity contribution in [1.82, 2.24) is 0 Å². The van der Waals surface area contributed by atoms with Gasteiger partial charge in [-0.05, 0) is 46.1 Å². The number of ether oxygens (including phenoxy) is 1. The van der Waals surface area contributed by atoms with E-state index >= 15 is 0 Å². The predicted octanol–water partition coefficient (Wildman–Crippen LogP) is 2.11. The van der Waals surface area contributed by atoms with Crippen molar-refractivity contribution < 1.29 is 23.1 Å². The lowest BCUT2D eigenvalue weighted by molar-refractivity contribution is -0.131. The molecule has 1 aliphatic rings. The summed E-state index contributed by atoms with van der Waals surface area (Å²) < 4.78 is 29.0. The minimum Gasteiger partial charge on any atom is -0.488 e. The summed E-state index contributed by atoms with van der Waals surface area (Å²) in [4.78, 5) is 10.4. The Kier molecular flexibility index (Phi) is 4.49. The first kappa shape index (κ1) is 15.1. The van der Waals surface area contributed by atoms with Crippen molar-refractivity contribution in [1.29, 1.82) is 0 Å². The van der Waals surface area contributed by atoms with Gasteiger partial charge in [0.25, 0.3) is 0 Å². The number of halogens is 1. The molecular weight excluding hydrogens is 348 g/mol. The Labute approximate surface area is 125 Å². The van der Waals surface area contributed by atoms with Crippen LogP contribution in [0, 0.1) is 0 Å². The molecule has 1 aromatic carbocycles. The summed E-state index contributed by atoms with van der Waals surface area (Å²) in [5.74, 6) is -0.258. The maximum Gasteiger partial charge on any atom is 0.328 e. The number of rotatable bonds is 4. The summed E-state index contributed by atoms with van der Waals surface area (Å²) in [5.41, 5.74) is 0.714. The molecule has 1 N–H and O–H groups in total. The van der Waals surface area contributed by atoms with Gasteiger partial charge in [-0.15, -0.1) is 0 Å². The summed E-state index contributed by atoms with van der Waals surface area (Å²) in [6.07, 6.45) is 2.69. The molecule has 1 aliphatic heterocycles. The van der Waals surface area contributed by atoms with Crippen LogP contribution in [0.2, 0.25) is 0 Å². The first-order valence-corrected chi connectivity index (χ1v) is 8.55. The standard InChI is InChI=1S/C13H13BrO5S/c14-11-7-9(2-4-13(15)16)1-3-12(11)19-10-5-6-20(17,18)8-10/h1-4,7,10H,5-6,8H2,(H,15,16). The van der Waals surface area contributed by atoms with Crippen LogP contribution in [0.25, 0.3) is 6.08 Å². The van der Waals surface area contributed by atoms with Crippen LogP contribution in [-0.2, 0) is 14.6 Å². The minimum atomic E-state index is -2.97. The molecule has 1 saturated heterocycles. The average molecular weight is 361 g/mol. The molecule has 1 unspecified atom stereocenters. The molecule has 108 valence electrons. The summed E-state index contributed by atoms with van der Waals surface area (Å²) in [6, 6.07) is 5.12. The van der Waals surface area contributed by atoms with Gasteiger partial charge in [0.2, 0.25) is 0 Å². The van der Waals surface area contributed by atoms with Crippen molar-refractivity contribution in [3.63, 3.8) is 0 Å². The highest BCUT2D eigenvalue weighted by Crippen LogP contribution is 2.29. The molecule has 7 heteroatoms. The first-order chi connectivity index (χ1) is 9.35. The quantitative estimate of drug-likeness (QED) is 0.831. The second-order valence-corrected chi connectivity index (χ2v) is 7.59. The Morgan fingerprint density at radius 3 is 2.75 bits per heavy atom. The predicted molar refractivity (Wildman–Crippen MR) is 78.5 cm³/mol. The number of carboxylic acids is 1. The molecule has 20 heavy (non-hydrogen) atoms. The maximum absolute atomic E-state index is 11.4. The van der Waals surface area contributed by atoms with Gasteiger partial charge in [-0.3, -0.25) is 0 Å². The smallest absolute Gasteiger partial charge is 0.328 e. The van der Waals surface area contributed by atoms with Gasteiger partial charge in [0.05, 0.1) is 16.0 Å². The van der Waals surface area contributed by atoms with E-state index in [0.717, 1.165) is 6.08 Å². The van der Waals surface area contributed by atoms with Crippen molar-refractivity contribution >= 4 is 37.8 Å². The third-order valence-electron chi connectivity index (χ3n) is 2.86. The van der Waals surface area contributed by atoms with Crippen LogP contribution >= 0.6 is 15.9 Å². The molecule has 0 bridgehead atoms. The molecule has 0 amide bonds. The third-order valence-corrected chi connectivity index (χ3v) is 5.22. The second-order valence-electron chi connectivity index (χ2n) is 4.50. The molecule has 1 heterocycles. The molecule has 2 rings (SSSR count). The van der Waals surface area contributed by atoms with Crippen LogP contribution in [0.3, 0.4) is 0 Å². The molecular formula is C13H13BrO5S. The van der Waals surface area contributed by atoms with Crippen LogP contribution in [0.5, 0.6) is 5.75 Å². The normalized spacial score (nSPS) is 21.1. The first-order valence-electron chi connectivity index (χ1n) is 5.93. The van der Waals surface area contributed by atoms with E-state index in [1.807, 2.05) is 0 Å². The molecule has 0 aliphatic carbocycles. The lowest BCUT2D eigenvalue weighted by Gasteiger charge is -2.13. The van der Waals surface area contributed by atoms with Gasteiger partial charge in [-0.25, -0.2) is 13.2 Å². The van der Waals surface area contributed by atoms with Crippen molar-refractivity contribution in [2.75, 3.05) is 11.5 Å². The SMILES string of the molecule is O=C(O)C=Cc1ccc(OC2CCS(=O)(=O)C2)c(Br)c1. The van der Waals surface area contributed by atoms with E-state index in [-0.39, 0.29) is 17.6 Å². The number of carboxylic acid groups (broad SMARTS) is 1. The summed E-state index contributed by atoms with van der Waals surface area (Å²) in [6.45, 7) is 0. The summed E-state index contributed by atoms with van der Waals surface area (Å²) >= 11 is 3.33. The van der Waals surface area contributed by atoms with E-state index in [4.69, 9.17) is 9.84 Å². The zero-order valence-corrected chi connectivity index (χ0v) is 12.9. The highest BCUT2D eigenvalue weighted by atomic mass is 79.9. The molecule has 0 spiro atoms. The molecule has 1 fully saturated rings. The summed E-state index contributed by atoms with van der Waals surface area (Å²) in [7, 11) is -2.97. The maximum atomic E-state index is 11.4. The molecule has 0 aromatic heterocycles. The highest BCUT2D eigenvalue weighted by Gasteiger charge is 2.29. The molecule has 1 atom stereocenters. The number of benzene rings is 1. The van der Waals surface area contributed by atoms with E-state index in [2.05, 4.69) is 15.9 Å². The van der Waals surface area contributed by atoms with Gasteiger partial charge < -0.3 is 9.84 Å². The third kappa shape index (κ3) is 4.08. The van der Waals surface area contributed by atoms with Crippen molar-refractivity contribution in [2.24, 2.45) is 0 Å². The van der Waals surface area contributed by atoms with Gasteiger partial charge in [0.1, 0.15) is 11.9 Å². The average Bonchev–Trinajstić information content (AvgIpc) is 2.69. The summed E-state index contributed by atoms with van der Waals surface area (Å²) in [5, 5.41) is 8.56. The Bertz CT molecular complexity index is 651. The monoisotopic (exact) mass is 360 g/mol. The topological polar surface area (TPSA) is 80.7 Å². The van der Waals surface area contributed by atoms with Gasteiger partial charge in [0, 0.05) is 6.08 Å². The largest absolute Gasteiger partial charge is 0.488 e. The van der Waals surface area contributed by atoms with E-state index < -0.39 is 15.8 Å². The van der Waals surface area contributed by atoms with Crippen molar-refractivity contribution in [3.05, 3.63) is 34.3 Å². The zero-order valence-electron chi connectivity index (χ0n) is 10.5. The fourth-order valence-electron chi connectivity index (χ4n) is 1.92. The van der Waals surface area contributed by atoms with Crippen LogP contribution < -0.4 is 4.74 Å². The van der Waals surface area contributed by atoms with E-state index in [1.54, 1.807) is 18.2 Å². The minimum absolute atomic E-state index is 0.0418. The number of carbonyl (C=O) groups is 1.